The minimum Gasteiger partial charge on any atom is -0.378 e. The minimum atomic E-state index is -0.212. The van der Waals surface area contributed by atoms with E-state index in [1.165, 1.54) is 0 Å². The van der Waals surface area contributed by atoms with Crippen LogP contribution in [0.15, 0.2) is 12.1 Å². The lowest BCUT2D eigenvalue weighted by Crippen LogP contribution is -2.26. The summed E-state index contributed by atoms with van der Waals surface area (Å²) in [6.07, 6.45) is 2.00. The molecule has 3 nitrogen and oxygen atoms in total. The third kappa shape index (κ3) is 2.92. The average Bonchev–Trinajstić information content (AvgIpc) is 2.78. The minimum absolute atomic E-state index is 0.202. The summed E-state index contributed by atoms with van der Waals surface area (Å²) >= 11 is 8.30. The van der Waals surface area contributed by atoms with Crippen molar-refractivity contribution < 1.29 is 9.13 Å². The van der Waals surface area contributed by atoms with E-state index in [0.717, 1.165) is 29.7 Å². The number of aromatic nitrogens is 2. The van der Waals surface area contributed by atoms with Gasteiger partial charge in [0.1, 0.15) is 11.6 Å². The van der Waals surface area contributed by atoms with Crippen LogP contribution in [0.5, 0.6) is 0 Å². The normalized spacial score (nSPS) is 24.4. The SMILES string of the molecule is CC1CC(n2c(C(C)Cl)nc3cc(I)c(F)cc32)CCO1. The topological polar surface area (TPSA) is 27.1 Å². The molecule has 0 radical (unpaired) electrons. The number of hydrogen-bond acceptors (Lipinski definition) is 2. The summed E-state index contributed by atoms with van der Waals surface area (Å²) in [5.41, 5.74) is 1.64. The number of nitrogens with zero attached hydrogens (tertiary/aromatic N) is 2. The molecule has 2 heterocycles. The molecule has 0 amide bonds. The highest BCUT2D eigenvalue weighted by Gasteiger charge is 2.27. The van der Waals surface area contributed by atoms with Gasteiger partial charge in [0.25, 0.3) is 0 Å². The van der Waals surface area contributed by atoms with Gasteiger partial charge in [0.15, 0.2) is 0 Å². The summed E-state index contributed by atoms with van der Waals surface area (Å²) in [5, 5.41) is -0.212. The van der Waals surface area contributed by atoms with Gasteiger partial charge in [-0.3, -0.25) is 0 Å². The average molecular weight is 423 g/mol. The van der Waals surface area contributed by atoms with Crippen LogP contribution in [0.25, 0.3) is 11.0 Å². The van der Waals surface area contributed by atoms with Crippen LogP contribution < -0.4 is 0 Å². The fourth-order valence-corrected chi connectivity index (χ4v) is 3.59. The Kier molecular flexibility index (Phi) is 4.43. The zero-order valence-corrected chi connectivity index (χ0v) is 14.9. The van der Waals surface area contributed by atoms with E-state index < -0.39 is 0 Å². The summed E-state index contributed by atoms with van der Waals surface area (Å²) in [6, 6.07) is 3.62. The molecule has 0 saturated carbocycles. The zero-order chi connectivity index (χ0) is 15.1. The predicted octanol–water partition coefficient (Wildman–Crippen LogP) is 4.82. The van der Waals surface area contributed by atoms with E-state index in [4.69, 9.17) is 16.3 Å². The van der Waals surface area contributed by atoms with Crippen LogP contribution in [0.1, 0.15) is 43.9 Å². The summed E-state index contributed by atoms with van der Waals surface area (Å²) in [6.45, 7) is 4.69. The maximum Gasteiger partial charge on any atom is 0.138 e. The van der Waals surface area contributed by atoms with E-state index in [2.05, 4.69) is 16.5 Å². The molecule has 1 saturated heterocycles. The summed E-state index contributed by atoms with van der Waals surface area (Å²) < 4.78 is 22.3. The van der Waals surface area contributed by atoms with Crippen LogP contribution in [0.3, 0.4) is 0 Å². The number of imidazole rings is 1. The quantitative estimate of drug-likeness (QED) is 0.512. The highest BCUT2D eigenvalue weighted by Crippen LogP contribution is 2.34. The van der Waals surface area contributed by atoms with Crippen LogP contribution in [0.2, 0.25) is 0 Å². The monoisotopic (exact) mass is 422 g/mol. The lowest BCUT2D eigenvalue weighted by Gasteiger charge is -2.30. The maximum absolute atomic E-state index is 14.0. The number of halogens is 3. The first-order chi connectivity index (χ1) is 9.97. The molecule has 1 aliphatic heterocycles. The van der Waals surface area contributed by atoms with Gasteiger partial charge in [-0.2, -0.15) is 0 Å². The molecule has 1 aliphatic rings. The van der Waals surface area contributed by atoms with Crippen molar-refractivity contribution in [3.8, 4) is 0 Å². The van der Waals surface area contributed by atoms with Crippen molar-refractivity contribution in [2.45, 2.75) is 44.2 Å². The van der Waals surface area contributed by atoms with Gasteiger partial charge < -0.3 is 9.30 Å². The molecule has 6 heteroatoms. The smallest absolute Gasteiger partial charge is 0.138 e. The molecule has 0 bridgehead atoms. The molecule has 2 aromatic rings. The van der Waals surface area contributed by atoms with Gasteiger partial charge in [-0.25, -0.2) is 9.37 Å². The Morgan fingerprint density at radius 3 is 2.95 bits per heavy atom. The molecule has 3 atom stereocenters. The first kappa shape index (κ1) is 15.5. The first-order valence-electron chi connectivity index (χ1n) is 7.10. The van der Waals surface area contributed by atoms with Gasteiger partial charge in [0, 0.05) is 18.7 Å². The second-order valence-electron chi connectivity index (χ2n) is 5.57. The molecule has 114 valence electrons. The van der Waals surface area contributed by atoms with Gasteiger partial charge in [-0.05, 0) is 55.3 Å². The lowest BCUT2D eigenvalue weighted by atomic mass is 10.0. The molecule has 0 aliphatic carbocycles. The van der Waals surface area contributed by atoms with Crippen LogP contribution in [0.4, 0.5) is 4.39 Å². The molecular weight excluding hydrogens is 406 g/mol. The van der Waals surface area contributed by atoms with Gasteiger partial charge in [0.05, 0.1) is 26.1 Å². The Bertz CT molecular complexity index is 673. The van der Waals surface area contributed by atoms with Crippen LogP contribution in [-0.4, -0.2) is 22.3 Å². The molecule has 0 N–H and O–H groups in total. The molecule has 21 heavy (non-hydrogen) atoms. The molecular formula is C15H17ClFIN2O. The number of hydrogen-bond donors (Lipinski definition) is 0. The Balaban J connectivity index is 2.17. The van der Waals surface area contributed by atoms with Crippen molar-refractivity contribution in [3.05, 3.63) is 27.3 Å². The van der Waals surface area contributed by atoms with Gasteiger partial charge >= 0.3 is 0 Å². The van der Waals surface area contributed by atoms with Crippen molar-refractivity contribution in [3.63, 3.8) is 0 Å². The Morgan fingerprint density at radius 2 is 2.29 bits per heavy atom. The highest BCUT2D eigenvalue weighted by atomic mass is 127. The number of alkyl halides is 1. The second-order valence-corrected chi connectivity index (χ2v) is 7.39. The van der Waals surface area contributed by atoms with E-state index in [9.17, 15) is 4.39 Å². The molecule has 1 fully saturated rings. The fraction of sp³-hybridized carbons (Fsp3) is 0.533. The lowest BCUT2D eigenvalue weighted by molar-refractivity contribution is 0.00621. The van der Waals surface area contributed by atoms with Gasteiger partial charge in [-0.15, -0.1) is 11.6 Å². The van der Waals surface area contributed by atoms with Crippen molar-refractivity contribution in [2.24, 2.45) is 0 Å². The molecule has 3 unspecified atom stereocenters. The van der Waals surface area contributed by atoms with Crippen molar-refractivity contribution in [1.82, 2.24) is 9.55 Å². The third-order valence-corrected chi connectivity index (χ3v) is 4.96. The summed E-state index contributed by atoms with van der Waals surface area (Å²) in [5.74, 6) is 0.602. The van der Waals surface area contributed by atoms with Crippen LogP contribution in [-0.2, 0) is 4.74 Å². The van der Waals surface area contributed by atoms with Crippen LogP contribution >= 0.6 is 34.2 Å². The third-order valence-electron chi connectivity index (χ3n) is 3.94. The number of rotatable bonds is 2. The van der Waals surface area contributed by atoms with E-state index in [1.54, 1.807) is 12.1 Å². The van der Waals surface area contributed by atoms with E-state index in [0.29, 0.717) is 10.2 Å². The zero-order valence-electron chi connectivity index (χ0n) is 11.9. The number of benzene rings is 1. The highest BCUT2D eigenvalue weighted by molar-refractivity contribution is 14.1. The standard InChI is InChI=1S/C15H17ClFIN2O/c1-8-5-10(3-4-21-8)20-14-6-11(17)12(18)7-13(14)19-15(20)9(2)16/h6-10H,3-5H2,1-2H3. The fourth-order valence-electron chi connectivity index (χ4n) is 2.98. The Morgan fingerprint density at radius 1 is 1.52 bits per heavy atom. The largest absolute Gasteiger partial charge is 0.378 e. The first-order valence-corrected chi connectivity index (χ1v) is 8.61. The Labute approximate surface area is 142 Å². The van der Waals surface area contributed by atoms with E-state index in [-0.39, 0.29) is 23.3 Å². The number of ether oxygens (including phenoxy) is 1. The van der Waals surface area contributed by atoms with E-state index >= 15 is 0 Å². The van der Waals surface area contributed by atoms with Gasteiger partial charge in [0.2, 0.25) is 0 Å². The van der Waals surface area contributed by atoms with Gasteiger partial charge in [-0.1, -0.05) is 0 Å². The number of fused-ring (bicyclic) bond motifs is 1. The molecule has 1 aromatic heterocycles. The second kappa shape index (κ2) is 6.01. The van der Waals surface area contributed by atoms with Crippen molar-refractivity contribution in [1.29, 1.82) is 0 Å². The van der Waals surface area contributed by atoms with Crippen molar-refractivity contribution >= 4 is 45.2 Å². The molecule has 3 rings (SSSR count). The molecule has 0 spiro atoms. The molecule has 1 aromatic carbocycles. The summed E-state index contributed by atoms with van der Waals surface area (Å²) in [4.78, 5) is 4.63. The van der Waals surface area contributed by atoms with Crippen molar-refractivity contribution in [2.75, 3.05) is 6.61 Å². The Hall–Kier alpha value is -0.400. The maximum atomic E-state index is 14.0. The summed E-state index contributed by atoms with van der Waals surface area (Å²) in [7, 11) is 0. The predicted molar refractivity (Wildman–Crippen MR) is 90.4 cm³/mol. The van der Waals surface area contributed by atoms with E-state index in [1.807, 2.05) is 29.5 Å². The van der Waals surface area contributed by atoms with Crippen LogP contribution in [0, 0.1) is 9.39 Å².